The molecule has 0 radical (unpaired) electrons. The van der Waals surface area contributed by atoms with Crippen molar-refractivity contribution in [3.63, 3.8) is 0 Å². The van der Waals surface area contributed by atoms with Gasteiger partial charge in [-0.1, -0.05) is 47.0 Å². The molecule has 0 fully saturated rings. The molecule has 0 saturated carbocycles. The summed E-state index contributed by atoms with van der Waals surface area (Å²) in [6, 6.07) is 0. The third-order valence-electron chi connectivity index (χ3n) is 2.92. The topological polar surface area (TPSA) is 9.23 Å². The molecule has 0 aliphatic carbocycles. The third-order valence-corrected chi connectivity index (χ3v) is 2.92. The van der Waals surface area contributed by atoms with Gasteiger partial charge in [0.25, 0.3) is 0 Å². The van der Waals surface area contributed by atoms with Crippen LogP contribution in [0.15, 0.2) is 0 Å². The van der Waals surface area contributed by atoms with Gasteiger partial charge in [-0.2, -0.15) is 0 Å². The summed E-state index contributed by atoms with van der Waals surface area (Å²) in [7, 11) is 0. The van der Waals surface area contributed by atoms with Crippen LogP contribution in [0.5, 0.6) is 0 Å². The smallest absolute Gasteiger partial charge is 0.0598 e. The van der Waals surface area contributed by atoms with Crippen LogP contribution in [-0.2, 0) is 4.74 Å². The molecular weight excluding hydrogens is 208 g/mol. The first-order valence-electron chi connectivity index (χ1n) is 7.24. The molecule has 0 aromatic carbocycles. The summed E-state index contributed by atoms with van der Waals surface area (Å²) in [5.41, 5.74) is 0.515. The Morgan fingerprint density at radius 1 is 0.882 bits per heavy atom. The maximum absolute atomic E-state index is 5.80. The molecule has 0 amide bonds. The number of hydrogen-bond donors (Lipinski definition) is 0. The predicted octanol–water partition coefficient (Wildman–Crippen LogP) is 5.43. The Hall–Kier alpha value is -0.0400. The van der Waals surface area contributed by atoms with Crippen molar-refractivity contribution in [2.45, 2.75) is 86.2 Å². The van der Waals surface area contributed by atoms with Crippen LogP contribution in [0.4, 0.5) is 0 Å². The van der Waals surface area contributed by atoms with Crippen molar-refractivity contribution in [2.75, 3.05) is 6.61 Å². The third kappa shape index (κ3) is 13.9. The van der Waals surface area contributed by atoms with Gasteiger partial charge in [0.1, 0.15) is 0 Å². The van der Waals surface area contributed by atoms with Crippen LogP contribution in [0, 0.1) is 11.3 Å². The van der Waals surface area contributed by atoms with Crippen LogP contribution in [0.1, 0.15) is 80.6 Å². The normalized spacial score (nSPS) is 15.0. The lowest BCUT2D eigenvalue weighted by Crippen LogP contribution is -2.22. The minimum Gasteiger partial charge on any atom is -0.376 e. The van der Waals surface area contributed by atoms with E-state index in [4.69, 9.17) is 4.74 Å². The molecule has 0 heterocycles. The fraction of sp³-hybridized carbons (Fsp3) is 1.00. The molecular formula is C16H34O. The molecule has 1 unspecified atom stereocenters. The minimum absolute atomic E-state index is 0.0144. The molecule has 0 rings (SSSR count). The molecule has 0 aliphatic rings. The monoisotopic (exact) mass is 242 g/mol. The first-order valence-corrected chi connectivity index (χ1v) is 7.24. The van der Waals surface area contributed by atoms with E-state index in [1.807, 2.05) is 0 Å². The van der Waals surface area contributed by atoms with Crippen molar-refractivity contribution in [2.24, 2.45) is 11.3 Å². The van der Waals surface area contributed by atoms with Crippen molar-refractivity contribution in [1.29, 1.82) is 0 Å². The predicted molar refractivity (Wildman–Crippen MR) is 77.4 cm³/mol. The molecule has 1 nitrogen and oxygen atoms in total. The summed E-state index contributed by atoms with van der Waals surface area (Å²) in [5, 5.41) is 0. The van der Waals surface area contributed by atoms with Crippen LogP contribution in [0.25, 0.3) is 0 Å². The van der Waals surface area contributed by atoms with Crippen molar-refractivity contribution < 1.29 is 4.74 Å². The molecule has 0 N–H and O–H groups in total. The fourth-order valence-corrected chi connectivity index (χ4v) is 1.80. The molecule has 0 bridgehead atoms. The van der Waals surface area contributed by atoms with Gasteiger partial charge < -0.3 is 4.74 Å². The van der Waals surface area contributed by atoms with Crippen molar-refractivity contribution in [3.8, 4) is 0 Å². The Bertz CT molecular complexity index is 183. The van der Waals surface area contributed by atoms with Gasteiger partial charge >= 0.3 is 0 Å². The van der Waals surface area contributed by atoms with E-state index in [-0.39, 0.29) is 5.60 Å². The maximum Gasteiger partial charge on any atom is 0.0598 e. The first kappa shape index (κ1) is 17.0. The van der Waals surface area contributed by atoms with Crippen molar-refractivity contribution in [1.82, 2.24) is 0 Å². The summed E-state index contributed by atoms with van der Waals surface area (Å²) in [6.45, 7) is 16.6. The lowest BCUT2D eigenvalue weighted by atomic mass is 9.89. The van der Waals surface area contributed by atoms with E-state index in [9.17, 15) is 0 Å². The van der Waals surface area contributed by atoms with Crippen molar-refractivity contribution in [3.05, 3.63) is 0 Å². The van der Waals surface area contributed by atoms with Gasteiger partial charge in [0.15, 0.2) is 0 Å². The van der Waals surface area contributed by atoms with E-state index in [1.165, 1.54) is 32.1 Å². The Morgan fingerprint density at radius 3 is 1.94 bits per heavy atom. The first-order chi connectivity index (χ1) is 7.60. The molecule has 0 aliphatic heterocycles. The minimum atomic E-state index is 0.0144. The molecule has 17 heavy (non-hydrogen) atoms. The quantitative estimate of drug-likeness (QED) is 0.541. The zero-order valence-electron chi connectivity index (χ0n) is 13.2. The Kier molecular flexibility index (Phi) is 7.39. The summed E-state index contributed by atoms with van der Waals surface area (Å²) >= 11 is 0. The van der Waals surface area contributed by atoms with E-state index in [0.717, 1.165) is 6.61 Å². The van der Waals surface area contributed by atoms with Crippen LogP contribution in [0.3, 0.4) is 0 Å². The van der Waals surface area contributed by atoms with E-state index < -0.39 is 0 Å². The largest absolute Gasteiger partial charge is 0.376 e. The number of unbranched alkanes of at least 4 members (excludes halogenated alkanes) is 2. The molecule has 1 heteroatoms. The average molecular weight is 242 g/mol. The molecule has 0 saturated heterocycles. The highest BCUT2D eigenvalue weighted by Crippen LogP contribution is 2.23. The average Bonchev–Trinajstić information content (AvgIpc) is 2.11. The second-order valence-corrected chi connectivity index (χ2v) is 7.69. The summed E-state index contributed by atoms with van der Waals surface area (Å²) in [4.78, 5) is 0. The van der Waals surface area contributed by atoms with Crippen LogP contribution in [-0.4, -0.2) is 12.2 Å². The van der Waals surface area contributed by atoms with Gasteiger partial charge in [0.05, 0.1) is 5.60 Å². The van der Waals surface area contributed by atoms with Gasteiger partial charge in [-0.25, -0.2) is 0 Å². The SMILES string of the molecule is CC(CCCCCC(C)(C)C)COC(C)(C)C. The van der Waals surface area contributed by atoms with Gasteiger partial charge in [0, 0.05) is 6.61 Å². The zero-order chi connectivity index (χ0) is 13.5. The van der Waals surface area contributed by atoms with E-state index in [1.54, 1.807) is 0 Å². The number of ether oxygens (including phenoxy) is 1. The standard InChI is InChI=1S/C16H34O/c1-14(13-17-16(5,6)7)11-9-8-10-12-15(2,3)4/h14H,8-13H2,1-7H3. The Balaban J connectivity index is 3.43. The molecule has 1 atom stereocenters. The van der Waals surface area contributed by atoms with E-state index in [2.05, 4.69) is 48.5 Å². The van der Waals surface area contributed by atoms with Gasteiger partial charge in [-0.3, -0.25) is 0 Å². The lowest BCUT2D eigenvalue weighted by molar-refractivity contribution is -0.0209. The molecule has 0 aromatic heterocycles. The second kappa shape index (κ2) is 7.41. The van der Waals surface area contributed by atoms with E-state index in [0.29, 0.717) is 11.3 Å². The Labute approximate surface area is 109 Å². The number of hydrogen-bond acceptors (Lipinski definition) is 1. The molecule has 0 spiro atoms. The Morgan fingerprint density at radius 2 is 1.47 bits per heavy atom. The summed E-state index contributed by atoms with van der Waals surface area (Å²) in [5.74, 6) is 0.698. The summed E-state index contributed by atoms with van der Waals surface area (Å²) < 4.78 is 5.80. The highest BCUT2D eigenvalue weighted by molar-refractivity contribution is 4.63. The van der Waals surface area contributed by atoms with Gasteiger partial charge in [-0.15, -0.1) is 0 Å². The molecule has 104 valence electrons. The van der Waals surface area contributed by atoms with E-state index >= 15 is 0 Å². The highest BCUT2D eigenvalue weighted by atomic mass is 16.5. The summed E-state index contributed by atoms with van der Waals surface area (Å²) in [6.07, 6.45) is 6.75. The number of rotatable bonds is 7. The zero-order valence-corrected chi connectivity index (χ0v) is 13.2. The van der Waals surface area contributed by atoms with Crippen LogP contribution in [0.2, 0.25) is 0 Å². The van der Waals surface area contributed by atoms with Gasteiger partial charge in [0.2, 0.25) is 0 Å². The highest BCUT2D eigenvalue weighted by Gasteiger charge is 2.13. The maximum atomic E-state index is 5.80. The van der Waals surface area contributed by atoms with Gasteiger partial charge in [-0.05, 0) is 44.9 Å². The lowest BCUT2D eigenvalue weighted by Gasteiger charge is -2.22. The fourth-order valence-electron chi connectivity index (χ4n) is 1.80. The van der Waals surface area contributed by atoms with Crippen molar-refractivity contribution >= 4 is 0 Å². The second-order valence-electron chi connectivity index (χ2n) is 7.69. The molecule has 0 aromatic rings. The van der Waals surface area contributed by atoms with Crippen LogP contribution < -0.4 is 0 Å². The van der Waals surface area contributed by atoms with Crippen LogP contribution >= 0.6 is 0 Å².